The van der Waals surface area contributed by atoms with Crippen molar-refractivity contribution in [3.8, 4) is 46.3 Å². The van der Waals surface area contributed by atoms with Crippen molar-refractivity contribution in [2.24, 2.45) is 28.2 Å². The summed E-state index contributed by atoms with van der Waals surface area (Å²) in [6.07, 6.45) is 31.9. The van der Waals surface area contributed by atoms with Crippen molar-refractivity contribution in [1.29, 1.82) is 0 Å². The van der Waals surface area contributed by atoms with Gasteiger partial charge in [0.25, 0.3) is 22.2 Å². The quantitative estimate of drug-likeness (QED) is 0.0776. The molecule has 13 aromatic heterocycles. The lowest BCUT2D eigenvalue weighted by Crippen LogP contribution is -2.41. The topological polar surface area (TPSA) is 212 Å². The van der Waals surface area contributed by atoms with Crippen LogP contribution in [0.2, 0.25) is 10.0 Å². The van der Waals surface area contributed by atoms with Crippen molar-refractivity contribution in [1.82, 2.24) is 66.4 Å². The van der Waals surface area contributed by atoms with Crippen LogP contribution < -0.4 is 41.2 Å². The molecule has 5 aliphatic rings. The molecule has 0 spiro atoms. The molecule has 0 N–H and O–H groups in total. The van der Waals surface area contributed by atoms with Gasteiger partial charge in [0.15, 0.2) is 0 Å². The minimum atomic E-state index is -0.684. The van der Waals surface area contributed by atoms with E-state index in [2.05, 4.69) is 73.6 Å². The van der Waals surface area contributed by atoms with E-state index >= 15 is 0 Å². The number of ether oxygens (including phenoxy) is 4. The predicted molar refractivity (Wildman–Crippen MR) is 496 cm³/mol. The van der Waals surface area contributed by atoms with E-state index in [0.29, 0.717) is 68.5 Å². The number of hydrogen-bond acceptors (Lipinski definition) is 14. The van der Waals surface area contributed by atoms with Crippen LogP contribution in [0.1, 0.15) is 144 Å². The lowest BCUT2D eigenvalue weighted by atomic mass is 9.91. The van der Waals surface area contributed by atoms with Crippen LogP contribution in [0.4, 0.5) is 13.2 Å². The second kappa shape index (κ2) is 38.4. The molecule has 660 valence electrons. The molecule has 0 atom stereocenters. The van der Waals surface area contributed by atoms with Crippen LogP contribution in [0.15, 0.2) is 226 Å². The largest absolute Gasteiger partial charge is 0.489 e. The fourth-order valence-corrected chi connectivity index (χ4v) is 18.9. The van der Waals surface area contributed by atoms with Crippen LogP contribution in [-0.2, 0) is 106 Å². The van der Waals surface area contributed by atoms with Crippen molar-refractivity contribution in [2.75, 3.05) is 13.1 Å². The number of pyridine rings is 9. The van der Waals surface area contributed by atoms with E-state index in [0.717, 1.165) is 116 Å². The van der Waals surface area contributed by atoms with Gasteiger partial charge in [-0.05, 0) is 233 Å². The summed E-state index contributed by atoms with van der Waals surface area (Å²) in [5, 5.41) is 5.64. The molecule has 0 unspecified atom stereocenters. The van der Waals surface area contributed by atoms with E-state index in [4.69, 9.17) is 62.1 Å². The van der Waals surface area contributed by atoms with Crippen LogP contribution in [-0.4, -0.2) is 85.5 Å². The molecule has 0 bridgehead atoms. The van der Waals surface area contributed by atoms with Gasteiger partial charge < -0.3 is 37.2 Å². The Kier molecular flexibility index (Phi) is 25.8. The van der Waals surface area contributed by atoms with E-state index in [1.807, 2.05) is 67.7 Å². The summed E-state index contributed by atoms with van der Waals surface area (Å²) in [6, 6.07) is 50.7. The van der Waals surface area contributed by atoms with Gasteiger partial charge in [-0.3, -0.25) is 47.3 Å². The normalized spacial score (nSPS) is 14.5. The maximum Gasteiger partial charge on any atom is 0.259 e. The minimum absolute atomic E-state index is 0.00552. The molecule has 1 fully saturated rings. The Bertz CT molecular complexity index is 6920. The molecular weight excluding hydrogens is 1680 g/mol. The van der Waals surface area contributed by atoms with Crippen molar-refractivity contribution < 1.29 is 32.1 Å². The predicted octanol–water partition coefficient (Wildman–Crippen LogP) is 19.1. The summed E-state index contributed by atoms with van der Waals surface area (Å²) < 4.78 is 78.3. The van der Waals surface area contributed by atoms with Gasteiger partial charge >= 0.3 is 0 Å². The van der Waals surface area contributed by atoms with Crippen LogP contribution in [0.25, 0.3) is 67.4 Å². The van der Waals surface area contributed by atoms with Crippen molar-refractivity contribution in [3.05, 3.63) is 343 Å². The van der Waals surface area contributed by atoms with Gasteiger partial charge in [0, 0.05) is 176 Å². The summed E-state index contributed by atoms with van der Waals surface area (Å²) >= 11 is 11.6. The Morgan fingerprint density at radius 1 is 0.357 bits per heavy atom. The summed E-state index contributed by atoms with van der Waals surface area (Å²) in [5.41, 5.74) is 16.2. The Morgan fingerprint density at radius 2 is 0.729 bits per heavy atom. The number of halogens is 5. The Morgan fingerprint density at radius 3 is 1.12 bits per heavy atom. The molecule has 22 nitrogen and oxygen atoms in total. The zero-order valence-electron chi connectivity index (χ0n) is 72.5. The average Bonchev–Trinajstić information content (AvgIpc) is 1.59. The first-order valence-electron chi connectivity index (χ1n) is 44.4. The lowest BCUT2D eigenvalue weighted by Gasteiger charge is -2.36. The Balaban J connectivity index is 0.000000116. The first-order chi connectivity index (χ1) is 62.8. The molecule has 1 saturated carbocycles. The number of hydrogen-bond donors (Lipinski definition) is 0. The molecule has 129 heavy (non-hydrogen) atoms. The lowest BCUT2D eigenvalue weighted by molar-refractivity contribution is 0.133. The third-order valence-electron chi connectivity index (χ3n) is 25.7. The standard InChI is InChI=1S/C28H30N4O2.C25H23ClFN3O2.C25H23F2N3O2.C24H23ClN4O2/c1-30-25-14-16-31(21-8-5-9-21)15-13-23(25)24-10-11-26(29-28(24)30)32-17-12-22(18-27(32)33)34-19-20-6-3-2-4-7-20;2*1-29-22-6-4-2-3-5-19(22)20-9-10-23(28-25(20)29)30-12-11-18(14-24(30)31)32-15-16-7-8-17(26)13-21(16)27;1-28-21-6-4-2-3-5-19(21)20-9-10-22(27-24(20)28)29-12-11-18(13-23(29)30)31-15-17-8-7-16(25)14-26-17/h2-4,6-7,10-12,17-18,21H,5,8-9,13-16,19H2,1H3;2*7-14H,2-6,15H2,1H3;7-14H,2-6,15H2,1H3. The first kappa shape index (κ1) is 86.6. The maximum absolute atomic E-state index is 13.9. The number of aromatic nitrogens is 13. The van der Waals surface area contributed by atoms with Gasteiger partial charge in [0.1, 0.15) is 113 Å². The molecule has 16 aromatic rings. The van der Waals surface area contributed by atoms with Crippen LogP contribution in [0.5, 0.6) is 23.0 Å². The van der Waals surface area contributed by atoms with Crippen LogP contribution >= 0.6 is 23.2 Å². The number of aryl methyl sites for hydroxylation is 7. The SMILES string of the molecule is Cn1c2c(c3ccc(-n4ccc(OCc5ccc(Cl)cc5F)cc4=O)nc31)CCCCC2.Cn1c2c(c3ccc(-n4ccc(OCc5ccc(Cl)cn5)cc4=O)nc31)CCCCC2.Cn1c2c(c3ccc(-n4ccc(OCc5ccc(F)cc5F)cc4=O)nc31)CCCCC2.Cn1c2c(c3ccc(-n4ccc(OCc5ccccc5)cc4=O)nc31)CCN(C1CCC1)CC2. The Hall–Kier alpha value is -13.1. The number of fused-ring (bicyclic) bond motifs is 12. The van der Waals surface area contributed by atoms with E-state index < -0.39 is 17.5 Å². The fraction of sp³-hybridized carbons (Fsp3) is 0.304. The second-order valence-electron chi connectivity index (χ2n) is 33.8. The third kappa shape index (κ3) is 18.8. The van der Waals surface area contributed by atoms with E-state index in [1.165, 1.54) is 190 Å². The molecule has 1 aliphatic heterocycles. The van der Waals surface area contributed by atoms with Gasteiger partial charge in [0.05, 0.1) is 10.7 Å². The van der Waals surface area contributed by atoms with Gasteiger partial charge in [-0.15, -0.1) is 0 Å². The van der Waals surface area contributed by atoms with Crippen molar-refractivity contribution in [3.63, 3.8) is 0 Å². The Labute approximate surface area is 753 Å². The highest BCUT2D eigenvalue weighted by Crippen LogP contribution is 2.37. The van der Waals surface area contributed by atoms with Crippen molar-refractivity contribution >= 4 is 67.3 Å². The molecule has 14 heterocycles. The summed E-state index contributed by atoms with van der Waals surface area (Å²) in [4.78, 5) is 77.4. The van der Waals surface area contributed by atoms with Gasteiger partial charge in [0.2, 0.25) is 0 Å². The minimum Gasteiger partial charge on any atom is -0.489 e. The number of rotatable bonds is 17. The summed E-state index contributed by atoms with van der Waals surface area (Å²) in [6.45, 7) is 2.85. The van der Waals surface area contributed by atoms with E-state index in [1.54, 1.807) is 82.6 Å². The highest BCUT2D eigenvalue weighted by atomic mass is 35.5. The summed E-state index contributed by atoms with van der Waals surface area (Å²) in [5.74, 6) is 2.31. The number of nitrogens with zero attached hydrogens (tertiary/aromatic N) is 14. The van der Waals surface area contributed by atoms with Gasteiger partial charge in [-0.1, -0.05) is 85.3 Å². The molecule has 21 rings (SSSR count). The van der Waals surface area contributed by atoms with Gasteiger partial charge in [-0.2, -0.15) is 0 Å². The second-order valence-corrected chi connectivity index (χ2v) is 34.6. The monoisotopic (exact) mass is 1770 g/mol. The average molecular weight is 1780 g/mol. The molecular formula is C102H99Cl2F3N14O8. The first-order valence-corrected chi connectivity index (χ1v) is 45.1. The highest BCUT2D eigenvalue weighted by Gasteiger charge is 2.30. The van der Waals surface area contributed by atoms with Crippen LogP contribution in [0.3, 0.4) is 0 Å². The van der Waals surface area contributed by atoms with E-state index in [-0.39, 0.29) is 47.6 Å². The molecule has 0 saturated heterocycles. The summed E-state index contributed by atoms with van der Waals surface area (Å²) in [7, 11) is 8.28. The fourth-order valence-electron chi connectivity index (χ4n) is 18.6. The molecule has 0 amide bonds. The number of benzene rings is 3. The zero-order valence-corrected chi connectivity index (χ0v) is 74.0. The molecule has 3 aromatic carbocycles. The van der Waals surface area contributed by atoms with Crippen LogP contribution in [0, 0.1) is 17.5 Å². The van der Waals surface area contributed by atoms with Crippen molar-refractivity contribution in [2.45, 2.75) is 161 Å². The maximum atomic E-state index is 13.9. The molecule has 0 radical (unpaired) electrons. The third-order valence-corrected chi connectivity index (χ3v) is 26.2. The molecule has 27 heteroatoms. The van der Waals surface area contributed by atoms with Gasteiger partial charge in [-0.25, -0.2) is 33.1 Å². The highest BCUT2D eigenvalue weighted by molar-refractivity contribution is 6.30. The molecule has 4 aliphatic carbocycles. The van der Waals surface area contributed by atoms with E-state index in [9.17, 15) is 32.3 Å². The zero-order chi connectivity index (χ0) is 88.9. The smallest absolute Gasteiger partial charge is 0.259 e.